The normalized spacial score (nSPS) is 26.8. The van der Waals surface area contributed by atoms with Gasteiger partial charge in [-0.2, -0.15) is 0 Å². The Labute approximate surface area is 114 Å². The summed E-state index contributed by atoms with van der Waals surface area (Å²) in [7, 11) is 0. The van der Waals surface area contributed by atoms with Gasteiger partial charge in [0.2, 0.25) is 0 Å². The van der Waals surface area contributed by atoms with Crippen LogP contribution in [0.5, 0.6) is 0 Å². The van der Waals surface area contributed by atoms with Crippen LogP contribution in [-0.4, -0.2) is 23.1 Å². The average molecular weight is 260 g/mol. The summed E-state index contributed by atoms with van der Waals surface area (Å²) in [6, 6.07) is 10.2. The quantitative estimate of drug-likeness (QED) is 0.778. The highest BCUT2D eigenvalue weighted by Gasteiger charge is 2.30. The molecule has 1 N–H and O–H groups in total. The van der Waals surface area contributed by atoms with Gasteiger partial charge in [0.15, 0.2) is 5.11 Å². The SMILES string of the molecule is S=C(Nc1ccccc1)N1CC2CCC(CC2)C1. The van der Waals surface area contributed by atoms with E-state index in [-0.39, 0.29) is 0 Å². The summed E-state index contributed by atoms with van der Waals surface area (Å²) in [6.07, 6.45) is 5.59. The Balaban J connectivity index is 1.66. The van der Waals surface area contributed by atoms with Gasteiger partial charge in [-0.1, -0.05) is 18.2 Å². The van der Waals surface area contributed by atoms with Crippen molar-refractivity contribution in [2.24, 2.45) is 11.8 Å². The van der Waals surface area contributed by atoms with Crippen LogP contribution in [0, 0.1) is 11.8 Å². The van der Waals surface area contributed by atoms with Crippen molar-refractivity contribution < 1.29 is 0 Å². The van der Waals surface area contributed by atoms with E-state index in [0.29, 0.717) is 0 Å². The molecule has 2 heterocycles. The number of nitrogens with zero attached hydrogens (tertiary/aromatic N) is 1. The predicted octanol–water partition coefficient (Wildman–Crippen LogP) is 3.51. The Hall–Kier alpha value is -1.09. The van der Waals surface area contributed by atoms with Gasteiger partial charge in [0.25, 0.3) is 0 Å². The molecule has 0 radical (unpaired) electrons. The molecule has 0 spiro atoms. The Morgan fingerprint density at radius 3 is 2.11 bits per heavy atom. The summed E-state index contributed by atoms with van der Waals surface area (Å²) in [5.41, 5.74) is 1.10. The van der Waals surface area contributed by atoms with E-state index >= 15 is 0 Å². The first-order chi connectivity index (χ1) is 8.81. The van der Waals surface area contributed by atoms with E-state index in [4.69, 9.17) is 12.2 Å². The molecule has 2 saturated heterocycles. The lowest BCUT2D eigenvalue weighted by molar-refractivity contribution is 0.326. The minimum atomic E-state index is 0.860. The first-order valence-corrected chi connectivity index (χ1v) is 7.33. The van der Waals surface area contributed by atoms with Crippen LogP contribution in [0.1, 0.15) is 25.7 Å². The lowest BCUT2D eigenvalue weighted by atomic mass is 9.84. The maximum absolute atomic E-state index is 5.56. The Morgan fingerprint density at radius 2 is 1.56 bits per heavy atom. The lowest BCUT2D eigenvalue weighted by Crippen LogP contribution is -2.37. The standard InChI is InChI=1S/C15H20N2S/c18-15(16-14-4-2-1-3-5-14)17-10-12-6-7-13(11-17)9-8-12/h1-5,12-13H,6-11H2,(H,16,18). The van der Waals surface area contributed by atoms with E-state index in [1.54, 1.807) is 0 Å². The molecule has 2 aliphatic heterocycles. The summed E-state index contributed by atoms with van der Waals surface area (Å²) in [5.74, 6) is 1.72. The summed E-state index contributed by atoms with van der Waals surface area (Å²) in [4.78, 5) is 2.39. The summed E-state index contributed by atoms with van der Waals surface area (Å²) >= 11 is 5.56. The van der Waals surface area contributed by atoms with Crippen molar-refractivity contribution in [2.75, 3.05) is 18.4 Å². The molecule has 2 nitrogen and oxygen atoms in total. The zero-order valence-electron chi connectivity index (χ0n) is 10.6. The van der Waals surface area contributed by atoms with Crippen LogP contribution in [-0.2, 0) is 0 Å². The first kappa shape index (κ1) is 12.0. The third-order valence-electron chi connectivity index (χ3n) is 4.24. The fourth-order valence-corrected chi connectivity index (χ4v) is 3.45. The molecule has 3 heteroatoms. The van der Waals surface area contributed by atoms with Gasteiger partial charge in [-0.3, -0.25) is 0 Å². The second-order valence-electron chi connectivity index (χ2n) is 5.59. The van der Waals surface area contributed by atoms with E-state index < -0.39 is 0 Å². The van der Waals surface area contributed by atoms with Crippen LogP contribution < -0.4 is 5.32 Å². The molecule has 3 fully saturated rings. The number of benzene rings is 1. The Kier molecular flexibility index (Phi) is 3.50. The van der Waals surface area contributed by atoms with Crippen molar-refractivity contribution in [2.45, 2.75) is 25.7 Å². The zero-order chi connectivity index (χ0) is 12.4. The molecule has 18 heavy (non-hydrogen) atoms. The van der Waals surface area contributed by atoms with Gasteiger partial charge < -0.3 is 10.2 Å². The third kappa shape index (κ3) is 2.66. The van der Waals surface area contributed by atoms with Gasteiger partial charge in [-0.05, 0) is 61.9 Å². The molecule has 0 unspecified atom stereocenters. The van der Waals surface area contributed by atoms with Crippen molar-refractivity contribution in [3.8, 4) is 0 Å². The molecule has 0 atom stereocenters. The minimum absolute atomic E-state index is 0.860. The number of rotatable bonds is 1. The van der Waals surface area contributed by atoms with Gasteiger partial charge in [0.1, 0.15) is 0 Å². The molecule has 1 saturated carbocycles. The molecule has 0 amide bonds. The number of para-hydroxylation sites is 1. The van der Waals surface area contributed by atoms with Gasteiger partial charge in [0.05, 0.1) is 0 Å². The van der Waals surface area contributed by atoms with Crippen LogP contribution in [0.4, 0.5) is 5.69 Å². The zero-order valence-corrected chi connectivity index (χ0v) is 11.5. The molecular formula is C15H20N2S. The summed E-state index contributed by atoms with van der Waals surface area (Å²) in [5, 5.41) is 4.27. The van der Waals surface area contributed by atoms with Crippen molar-refractivity contribution >= 4 is 23.0 Å². The number of anilines is 1. The fourth-order valence-electron chi connectivity index (χ4n) is 3.18. The lowest BCUT2D eigenvalue weighted by Gasteiger charge is -2.26. The van der Waals surface area contributed by atoms with E-state index in [1.807, 2.05) is 18.2 Å². The summed E-state index contributed by atoms with van der Waals surface area (Å²) in [6.45, 7) is 2.30. The summed E-state index contributed by atoms with van der Waals surface area (Å²) < 4.78 is 0. The maximum atomic E-state index is 5.56. The molecule has 1 aliphatic carbocycles. The highest BCUT2D eigenvalue weighted by molar-refractivity contribution is 7.80. The number of hydrogen-bond acceptors (Lipinski definition) is 1. The van der Waals surface area contributed by atoms with E-state index in [9.17, 15) is 0 Å². The van der Waals surface area contributed by atoms with Crippen molar-refractivity contribution in [1.29, 1.82) is 0 Å². The molecule has 96 valence electrons. The molecular weight excluding hydrogens is 240 g/mol. The predicted molar refractivity (Wildman–Crippen MR) is 79.7 cm³/mol. The van der Waals surface area contributed by atoms with Gasteiger partial charge in [0, 0.05) is 18.8 Å². The third-order valence-corrected chi connectivity index (χ3v) is 4.60. The second kappa shape index (κ2) is 5.27. The van der Waals surface area contributed by atoms with E-state index in [2.05, 4.69) is 22.3 Å². The fraction of sp³-hybridized carbons (Fsp3) is 0.533. The van der Waals surface area contributed by atoms with E-state index in [0.717, 1.165) is 35.7 Å². The number of thiocarbonyl (C=S) groups is 1. The van der Waals surface area contributed by atoms with Gasteiger partial charge in [-0.15, -0.1) is 0 Å². The highest BCUT2D eigenvalue weighted by Crippen LogP contribution is 2.33. The first-order valence-electron chi connectivity index (χ1n) is 6.92. The van der Waals surface area contributed by atoms with Crippen molar-refractivity contribution in [3.05, 3.63) is 30.3 Å². The largest absolute Gasteiger partial charge is 0.348 e. The molecule has 4 rings (SSSR count). The highest BCUT2D eigenvalue weighted by atomic mass is 32.1. The molecule has 3 aliphatic rings. The smallest absolute Gasteiger partial charge is 0.173 e. The van der Waals surface area contributed by atoms with Crippen LogP contribution in [0.3, 0.4) is 0 Å². The van der Waals surface area contributed by atoms with Crippen LogP contribution in [0.15, 0.2) is 30.3 Å². The average Bonchev–Trinajstić information content (AvgIpc) is 2.73. The van der Waals surface area contributed by atoms with Gasteiger partial charge in [-0.25, -0.2) is 0 Å². The minimum Gasteiger partial charge on any atom is -0.348 e. The topological polar surface area (TPSA) is 15.3 Å². The van der Waals surface area contributed by atoms with Gasteiger partial charge >= 0.3 is 0 Å². The monoisotopic (exact) mass is 260 g/mol. The van der Waals surface area contributed by atoms with Crippen molar-refractivity contribution in [1.82, 2.24) is 4.90 Å². The number of hydrogen-bond donors (Lipinski definition) is 1. The molecule has 0 aromatic heterocycles. The van der Waals surface area contributed by atoms with E-state index in [1.165, 1.54) is 25.7 Å². The second-order valence-corrected chi connectivity index (χ2v) is 5.97. The molecule has 2 bridgehead atoms. The van der Waals surface area contributed by atoms with Crippen molar-refractivity contribution in [3.63, 3.8) is 0 Å². The number of nitrogens with one attached hydrogen (secondary N) is 1. The van der Waals surface area contributed by atoms with Crippen LogP contribution >= 0.6 is 12.2 Å². The molecule has 1 aromatic rings. The van der Waals surface area contributed by atoms with Crippen LogP contribution in [0.25, 0.3) is 0 Å². The number of fused-ring (bicyclic) bond motifs is 4. The van der Waals surface area contributed by atoms with Crippen LogP contribution in [0.2, 0.25) is 0 Å². The maximum Gasteiger partial charge on any atom is 0.173 e. The molecule has 1 aromatic carbocycles. The Bertz CT molecular complexity index is 396. The Morgan fingerprint density at radius 1 is 1.00 bits per heavy atom.